The number of thiophene rings is 1. The van der Waals surface area contributed by atoms with Crippen molar-refractivity contribution < 1.29 is 9.53 Å². The summed E-state index contributed by atoms with van der Waals surface area (Å²) >= 11 is 1.65. The fraction of sp³-hybridized carbons (Fsp3) is 0.261. The second kappa shape index (κ2) is 10.1. The summed E-state index contributed by atoms with van der Waals surface area (Å²) in [4.78, 5) is 15.7. The van der Waals surface area contributed by atoms with Crippen molar-refractivity contribution in [2.45, 2.75) is 13.0 Å². The zero-order chi connectivity index (χ0) is 19.8. The van der Waals surface area contributed by atoms with Gasteiger partial charge in [-0.05, 0) is 43.1 Å². The molecule has 0 aliphatic heterocycles. The third-order valence-corrected chi connectivity index (χ3v) is 5.38. The van der Waals surface area contributed by atoms with Gasteiger partial charge < -0.3 is 10.1 Å². The van der Waals surface area contributed by atoms with Gasteiger partial charge in [-0.1, -0.05) is 54.1 Å². The number of carbonyl (C=O) groups excluding carboxylic acids is 1. The lowest BCUT2D eigenvalue weighted by molar-refractivity contribution is -0.122. The molecule has 0 aliphatic carbocycles. The lowest BCUT2D eigenvalue weighted by Crippen LogP contribution is -2.38. The first-order valence-corrected chi connectivity index (χ1v) is 10.3. The molecular formula is C23H26N2O2S. The molecule has 0 aliphatic rings. The molecule has 3 rings (SSSR count). The van der Waals surface area contributed by atoms with E-state index in [4.69, 9.17) is 4.74 Å². The molecule has 1 aromatic heterocycles. The molecular weight excluding hydrogens is 368 g/mol. The SMILES string of the molecule is Cc1ccc(C(NC(=O)CN(C)CCOc2ccccc2)c2cccs2)cc1. The normalized spacial score (nSPS) is 12.0. The topological polar surface area (TPSA) is 41.6 Å². The number of benzene rings is 2. The van der Waals surface area contributed by atoms with Crippen molar-refractivity contribution in [2.24, 2.45) is 0 Å². The Morgan fingerprint density at radius 1 is 1.07 bits per heavy atom. The molecule has 1 amide bonds. The maximum Gasteiger partial charge on any atom is 0.234 e. The van der Waals surface area contributed by atoms with Crippen LogP contribution in [0.1, 0.15) is 22.0 Å². The summed E-state index contributed by atoms with van der Waals surface area (Å²) in [6, 6.07) is 22.0. The monoisotopic (exact) mass is 394 g/mol. The van der Waals surface area contributed by atoms with Crippen LogP contribution in [-0.4, -0.2) is 37.6 Å². The molecule has 0 spiro atoms. The molecule has 0 radical (unpaired) electrons. The van der Waals surface area contributed by atoms with Crippen LogP contribution in [0.2, 0.25) is 0 Å². The smallest absolute Gasteiger partial charge is 0.234 e. The van der Waals surface area contributed by atoms with E-state index in [2.05, 4.69) is 42.6 Å². The molecule has 146 valence electrons. The van der Waals surface area contributed by atoms with Gasteiger partial charge in [0.25, 0.3) is 0 Å². The van der Waals surface area contributed by atoms with Crippen molar-refractivity contribution >= 4 is 17.2 Å². The Morgan fingerprint density at radius 3 is 2.50 bits per heavy atom. The average molecular weight is 395 g/mol. The minimum atomic E-state index is -0.123. The van der Waals surface area contributed by atoms with Gasteiger partial charge in [-0.3, -0.25) is 9.69 Å². The number of amides is 1. The summed E-state index contributed by atoms with van der Waals surface area (Å²) in [7, 11) is 1.93. The first-order chi connectivity index (χ1) is 13.6. The number of aryl methyl sites for hydroxylation is 1. The van der Waals surface area contributed by atoms with Crippen LogP contribution in [0, 0.1) is 6.92 Å². The molecule has 1 heterocycles. The Labute approximate surface area is 170 Å². The highest BCUT2D eigenvalue weighted by Crippen LogP contribution is 2.26. The van der Waals surface area contributed by atoms with E-state index < -0.39 is 0 Å². The number of likely N-dealkylation sites (N-methyl/N-ethyl adjacent to an activating group) is 1. The van der Waals surface area contributed by atoms with E-state index in [1.165, 1.54) is 5.56 Å². The van der Waals surface area contributed by atoms with E-state index in [-0.39, 0.29) is 11.9 Å². The van der Waals surface area contributed by atoms with Gasteiger partial charge in [0.1, 0.15) is 12.4 Å². The van der Waals surface area contributed by atoms with Crippen molar-refractivity contribution in [3.63, 3.8) is 0 Å². The minimum absolute atomic E-state index is 0.00110. The molecule has 5 heteroatoms. The van der Waals surface area contributed by atoms with E-state index in [0.717, 1.165) is 16.2 Å². The van der Waals surface area contributed by atoms with Crippen molar-refractivity contribution in [3.8, 4) is 5.75 Å². The van der Waals surface area contributed by atoms with Crippen LogP contribution in [0.4, 0.5) is 0 Å². The van der Waals surface area contributed by atoms with Gasteiger partial charge in [0.2, 0.25) is 5.91 Å². The van der Waals surface area contributed by atoms with E-state index >= 15 is 0 Å². The summed E-state index contributed by atoms with van der Waals surface area (Å²) in [6.45, 7) is 3.61. The molecule has 0 saturated heterocycles. The van der Waals surface area contributed by atoms with Crippen LogP contribution in [0.5, 0.6) is 5.75 Å². The highest BCUT2D eigenvalue weighted by Gasteiger charge is 2.18. The fourth-order valence-corrected chi connectivity index (χ4v) is 3.70. The first kappa shape index (κ1) is 20.1. The number of hydrogen-bond donors (Lipinski definition) is 1. The van der Waals surface area contributed by atoms with Gasteiger partial charge >= 0.3 is 0 Å². The fourth-order valence-electron chi connectivity index (χ4n) is 2.90. The predicted molar refractivity (Wildman–Crippen MR) is 115 cm³/mol. The van der Waals surface area contributed by atoms with Crippen LogP contribution < -0.4 is 10.1 Å². The predicted octanol–water partition coefficient (Wildman–Crippen LogP) is 4.27. The molecule has 3 aromatic rings. The summed E-state index contributed by atoms with van der Waals surface area (Å²) in [5, 5.41) is 5.22. The van der Waals surface area contributed by atoms with E-state index in [1.807, 2.05) is 53.7 Å². The molecule has 28 heavy (non-hydrogen) atoms. The van der Waals surface area contributed by atoms with Crippen LogP contribution in [0.3, 0.4) is 0 Å². The third-order valence-electron chi connectivity index (χ3n) is 4.44. The summed E-state index contributed by atoms with van der Waals surface area (Å²) < 4.78 is 5.71. The molecule has 0 bridgehead atoms. The summed E-state index contributed by atoms with van der Waals surface area (Å²) in [5.74, 6) is 0.846. The van der Waals surface area contributed by atoms with Crippen LogP contribution >= 0.6 is 11.3 Å². The van der Waals surface area contributed by atoms with Crippen LogP contribution in [-0.2, 0) is 4.79 Å². The van der Waals surface area contributed by atoms with E-state index in [9.17, 15) is 4.79 Å². The minimum Gasteiger partial charge on any atom is -0.492 e. The number of rotatable bonds is 9. The standard InChI is InChI=1S/C23H26N2O2S/c1-18-10-12-19(13-11-18)23(21-9-6-16-28-21)24-22(26)17-25(2)14-15-27-20-7-4-3-5-8-20/h3-13,16,23H,14-15,17H2,1-2H3,(H,24,26). The number of hydrogen-bond acceptors (Lipinski definition) is 4. The number of nitrogens with one attached hydrogen (secondary N) is 1. The second-order valence-corrected chi connectivity index (χ2v) is 7.81. The Balaban J connectivity index is 1.54. The lowest BCUT2D eigenvalue weighted by atomic mass is 10.0. The number of nitrogens with zero attached hydrogens (tertiary/aromatic N) is 1. The van der Waals surface area contributed by atoms with Crippen LogP contribution in [0.25, 0.3) is 0 Å². The van der Waals surface area contributed by atoms with E-state index in [1.54, 1.807) is 11.3 Å². The average Bonchev–Trinajstić information content (AvgIpc) is 3.22. The molecule has 2 aromatic carbocycles. The molecule has 0 fully saturated rings. The highest BCUT2D eigenvalue weighted by molar-refractivity contribution is 7.10. The Kier molecular flexibility index (Phi) is 7.23. The van der Waals surface area contributed by atoms with Crippen molar-refractivity contribution in [1.29, 1.82) is 0 Å². The first-order valence-electron chi connectivity index (χ1n) is 9.37. The zero-order valence-corrected chi connectivity index (χ0v) is 17.1. The maximum atomic E-state index is 12.6. The number of para-hydroxylation sites is 1. The van der Waals surface area contributed by atoms with Gasteiger partial charge in [0, 0.05) is 11.4 Å². The number of ether oxygens (including phenoxy) is 1. The Hall–Kier alpha value is -2.63. The molecule has 4 nitrogen and oxygen atoms in total. The van der Waals surface area contributed by atoms with Gasteiger partial charge in [-0.15, -0.1) is 11.3 Å². The zero-order valence-electron chi connectivity index (χ0n) is 16.3. The van der Waals surface area contributed by atoms with Gasteiger partial charge in [0.15, 0.2) is 0 Å². The Bertz CT molecular complexity index is 848. The quantitative estimate of drug-likeness (QED) is 0.589. The molecule has 0 saturated carbocycles. The van der Waals surface area contributed by atoms with Crippen LogP contribution in [0.15, 0.2) is 72.1 Å². The summed E-state index contributed by atoms with van der Waals surface area (Å²) in [5.41, 5.74) is 2.30. The van der Waals surface area contributed by atoms with Crippen molar-refractivity contribution in [2.75, 3.05) is 26.7 Å². The van der Waals surface area contributed by atoms with Gasteiger partial charge in [0.05, 0.1) is 12.6 Å². The second-order valence-electron chi connectivity index (χ2n) is 6.83. The largest absolute Gasteiger partial charge is 0.492 e. The maximum absolute atomic E-state index is 12.6. The number of carbonyl (C=O) groups is 1. The molecule has 1 N–H and O–H groups in total. The summed E-state index contributed by atoms with van der Waals surface area (Å²) in [6.07, 6.45) is 0. The lowest BCUT2D eigenvalue weighted by Gasteiger charge is -2.21. The van der Waals surface area contributed by atoms with Crippen molar-refractivity contribution in [3.05, 3.63) is 88.1 Å². The molecule has 1 unspecified atom stereocenters. The van der Waals surface area contributed by atoms with Gasteiger partial charge in [-0.2, -0.15) is 0 Å². The highest BCUT2D eigenvalue weighted by atomic mass is 32.1. The van der Waals surface area contributed by atoms with E-state index in [0.29, 0.717) is 19.7 Å². The van der Waals surface area contributed by atoms with Crippen molar-refractivity contribution in [1.82, 2.24) is 10.2 Å². The third kappa shape index (κ3) is 5.94. The van der Waals surface area contributed by atoms with Gasteiger partial charge in [-0.25, -0.2) is 0 Å². The Morgan fingerprint density at radius 2 is 1.82 bits per heavy atom. The molecule has 1 atom stereocenters.